The third kappa shape index (κ3) is 4.48. The summed E-state index contributed by atoms with van der Waals surface area (Å²) in [6.07, 6.45) is 4.52. The van der Waals surface area contributed by atoms with Crippen LogP contribution in [0.1, 0.15) is 20.3 Å². The van der Waals surface area contributed by atoms with Crippen molar-refractivity contribution in [2.24, 2.45) is 5.73 Å². The van der Waals surface area contributed by atoms with E-state index in [1.807, 2.05) is 32.2 Å². The Hall–Kier alpha value is -1.09. The number of nitrogens with zero attached hydrogens (tertiary/aromatic N) is 1. The second kappa shape index (κ2) is 4.23. The Bertz CT molecular complexity index is 238. The molecular formula is C10H17N3. The zero-order valence-electron chi connectivity index (χ0n) is 8.25. The summed E-state index contributed by atoms with van der Waals surface area (Å²) < 4.78 is 0. The molecule has 1 aromatic heterocycles. The number of hydrogen-bond donors (Lipinski definition) is 2. The van der Waals surface area contributed by atoms with Crippen molar-refractivity contribution in [1.82, 2.24) is 4.98 Å². The number of rotatable bonds is 4. The molecular weight excluding hydrogens is 162 g/mol. The molecule has 0 aliphatic heterocycles. The van der Waals surface area contributed by atoms with Gasteiger partial charge in [0.05, 0.1) is 5.69 Å². The van der Waals surface area contributed by atoms with E-state index in [-0.39, 0.29) is 5.54 Å². The molecule has 3 heteroatoms. The molecule has 3 nitrogen and oxygen atoms in total. The molecule has 0 bridgehead atoms. The molecule has 0 unspecified atom stereocenters. The Morgan fingerprint density at radius 2 is 2.31 bits per heavy atom. The summed E-state index contributed by atoms with van der Waals surface area (Å²) in [6.45, 7) is 4.94. The van der Waals surface area contributed by atoms with Gasteiger partial charge in [-0.3, -0.25) is 4.98 Å². The molecule has 0 aliphatic rings. The van der Waals surface area contributed by atoms with Gasteiger partial charge in [0.2, 0.25) is 0 Å². The summed E-state index contributed by atoms with van der Waals surface area (Å²) in [5, 5.41) is 3.26. The Kier molecular flexibility index (Phi) is 3.25. The van der Waals surface area contributed by atoms with E-state index in [0.717, 1.165) is 18.7 Å². The summed E-state index contributed by atoms with van der Waals surface area (Å²) in [5.74, 6) is 0. The van der Waals surface area contributed by atoms with Crippen LogP contribution < -0.4 is 11.1 Å². The summed E-state index contributed by atoms with van der Waals surface area (Å²) in [7, 11) is 0. The van der Waals surface area contributed by atoms with Crippen LogP contribution >= 0.6 is 0 Å². The van der Waals surface area contributed by atoms with E-state index in [4.69, 9.17) is 5.73 Å². The van der Waals surface area contributed by atoms with Crippen molar-refractivity contribution in [2.75, 3.05) is 11.9 Å². The highest BCUT2D eigenvalue weighted by Crippen LogP contribution is 2.06. The van der Waals surface area contributed by atoms with Crippen LogP contribution in [0.15, 0.2) is 24.5 Å². The Morgan fingerprint density at radius 3 is 2.85 bits per heavy atom. The monoisotopic (exact) mass is 179 g/mol. The standard InChI is InChI=1S/C10H17N3/c1-10(2,11)5-7-13-9-4-3-6-12-8-9/h3-4,6,8,13H,5,7,11H2,1-2H3. The van der Waals surface area contributed by atoms with Gasteiger partial charge in [-0.15, -0.1) is 0 Å². The average molecular weight is 179 g/mol. The molecule has 1 aromatic rings. The summed E-state index contributed by atoms with van der Waals surface area (Å²) in [6, 6.07) is 3.91. The molecule has 0 aromatic carbocycles. The maximum absolute atomic E-state index is 5.84. The summed E-state index contributed by atoms with van der Waals surface area (Å²) in [4.78, 5) is 4.01. The molecule has 72 valence electrons. The molecule has 1 rings (SSSR count). The van der Waals surface area contributed by atoms with Gasteiger partial charge in [-0.05, 0) is 32.4 Å². The van der Waals surface area contributed by atoms with Crippen molar-refractivity contribution in [3.8, 4) is 0 Å². The maximum atomic E-state index is 5.84. The number of aromatic nitrogens is 1. The first kappa shape index (κ1) is 9.99. The van der Waals surface area contributed by atoms with Crippen molar-refractivity contribution in [3.05, 3.63) is 24.5 Å². The van der Waals surface area contributed by atoms with E-state index in [1.54, 1.807) is 6.20 Å². The minimum absolute atomic E-state index is 0.102. The number of pyridine rings is 1. The van der Waals surface area contributed by atoms with Gasteiger partial charge in [-0.1, -0.05) is 0 Å². The van der Waals surface area contributed by atoms with E-state index in [9.17, 15) is 0 Å². The van der Waals surface area contributed by atoms with Crippen LogP contribution in [-0.4, -0.2) is 17.1 Å². The van der Waals surface area contributed by atoms with Crippen LogP contribution in [0.2, 0.25) is 0 Å². The van der Waals surface area contributed by atoms with Crippen LogP contribution in [0, 0.1) is 0 Å². The first-order chi connectivity index (χ1) is 6.08. The second-order valence-corrected chi connectivity index (χ2v) is 3.91. The third-order valence-corrected chi connectivity index (χ3v) is 1.76. The van der Waals surface area contributed by atoms with Crippen molar-refractivity contribution in [2.45, 2.75) is 25.8 Å². The molecule has 0 aliphatic carbocycles. The molecule has 0 atom stereocenters. The van der Waals surface area contributed by atoms with Crippen LogP contribution in [0.5, 0.6) is 0 Å². The minimum atomic E-state index is -0.102. The van der Waals surface area contributed by atoms with Crippen LogP contribution in [0.4, 0.5) is 5.69 Å². The molecule has 3 N–H and O–H groups in total. The van der Waals surface area contributed by atoms with Gasteiger partial charge in [0.15, 0.2) is 0 Å². The molecule has 0 saturated heterocycles. The lowest BCUT2D eigenvalue weighted by Gasteiger charge is -2.18. The number of hydrogen-bond acceptors (Lipinski definition) is 3. The lowest BCUT2D eigenvalue weighted by molar-refractivity contribution is 0.491. The molecule has 0 spiro atoms. The van der Waals surface area contributed by atoms with Crippen molar-refractivity contribution < 1.29 is 0 Å². The second-order valence-electron chi connectivity index (χ2n) is 3.91. The van der Waals surface area contributed by atoms with E-state index in [2.05, 4.69) is 10.3 Å². The first-order valence-electron chi connectivity index (χ1n) is 4.51. The van der Waals surface area contributed by atoms with Gasteiger partial charge in [0.25, 0.3) is 0 Å². The highest BCUT2D eigenvalue weighted by Gasteiger charge is 2.08. The maximum Gasteiger partial charge on any atom is 0.0526 e. The molecule has 0 amide bonds. The largest absolute Gasteiger partial charge is 0.384 e. The molecule has 13 heavy (non-hydrogen) atoms. The van der Waals surface area contributed by atoms with Crippen LogP contribution in [0.3, 0.4) is 0 Å². The topological polar surface area (TPSA) is 50.9 Å². The number of anilines is 1. The fraction of sp³-hybridized carbons (Fsp3) is 0.500. The molecule has 0 fully saturated rings. The predicted octanol–water partition coefficient (Wildman–Crippen LogP) is 1.62. The third-order valence-electron chi connectivity index (χ3n) is 1.76. The van der Waals surface area contributed by atoms with Crippen molar-refractivity contribution >= 4 is 5.69 Å². The fourth-order valence-corrected chi connectivity index (χ4v) is 0.996. The normalized spacial score (nSPS) is 11.3. The van der Waals surface area contributed by atoms with Crippen molar-refractivity contribution in [1.29, 1.82) is 0 Å². The Labute approximate surface area is 79.4 Å². The van der Waals surface area contributed by atoms with E-state index in [0.29, 0.717) is 0 Å². The van der Waals surface area contributed by atoms with Gasteiger partial charge in [0.1, 0.15) is 0 Å². The number of nitrogens with two attached hydrogens (primary N) is 1. The average Bonchev–Trinajstić information content (AvgIpc) is 2.04. The van der Waals surface area contributed by atoms with E-state index in [1.165, 1.54) is 0 Å². The van der Waals surface area contributed by atoms with Crippen LogP contribution in [0.25, 0.3) is 0 Å². The number of nitrogens with one attached hydrogen (secondary N) is 1. The zero-order chi connectivity index (χ0) is 9.73. The van der Waals surface area contributed by atoms with E-state index < -0.39 is 0 Å². The van der Waals surface area contributed by atoms with Gasteiger partial charge >= 0.3 is 0 Å². The van der Waals surface area contributed by atoms with E-state index >= 15 is 0 Å². The fourth-order valence-electron chi connectivity index (χ4n) is 0.996. The summed E-state index contributed by atoms with van der Waals surface area (Å²) in [5.41, 5.74) is 6.79. The Balaban J connectivity index is 2.29. The molecule has 1 heterocycles. The van der Waals surface area contributed by atoms with Gasteiger partial charge in [0, 0.05) is 24.5 Å². The SMILES string of the molecule is CC(C)(N)CCNc1cccnc1. The van der Waals surface area contributed by atoms with Crippen molar-refractivity contribution in [3.63, 3.8) is 0 Å². The highest BCUT2D eigenvalue weighted by molar-refractivity contribution is 5.39. The van der Waals surface area contributed by atoms with Crippen LogP contribution in [-0.2, 0) is 0 Å². The molecule has 0 saturated carbocycles. The quantitative estimate of drug-likeness (QED) is 0.738. The van der Waals surface area contributed by atoms with Gasteiger partial charge in [-0.25, -0.2) is 0 Å². The highest BCUT2D eigenvalue weighted by atomic mass is 14.9. The lowest BCUT2D eigenvalue weighted by atomic mass is 10.0. The van der Waals surface area contributed by atoms with Gasteiger partial charge in [-0.2, -0.15) is 0 Å². The van der Waals surface area contributed by atoms with Gasteiger partial charge < -0.3 is 11.1 Å². The first-order valence-corrected chi connectivity index (χ1v) is 4.51. The predicted molar refractivity (Wildman–Crippen MR) is 55.6 cm³/mol. The summed E-state index contributed by atoms with van der Waals surface area (Å²) >= 11 is 0. The Morgan fingerprint density at radius 1 is 1.54 bits per heavy atom. The lowest BCUT2D eigenvalue weighted by Crippen LogP contribution is -2.34. The molecule has 0 radical (unpaired) electrons. The minimum Gasteiger partial charge on any atom is -0.384 e. The zero-order valence-corrected chi connectivity index (χ0v) is 8.25. The smallest absolute Gasteiger partial charge is 0.0526 e.